The van der Waals surface area contributed by atoms with Crippen molar-refractivity contribution in [3.63, 3.8) is 0 Å². The Bertz CT molecular complexity index is 821. The third-order valence-corrected chi connectivity index (χ3v) is 4.40. The molecule has 23 heavy (non-hydrogen) atoms. The second-order valence-electron chi connectivity index (χ2n) is 5.65. The van der Waals surface area contributed by atoms with Crippen LogP contribution in [0.2, 0.25) is 0 Å². The number of sulfone groups is 1. The minimum atomic E-state index is -3.21. The predicted octanol–water partition coefficient (Wildman–Crippen LogP) is 1.21. The van der Waals surface area contributed by atoms with Gasteiger partial charge in [0, 0.05) is 26.4 Å². The van der Waals surface area contributed by atoms with Gasteiger partial charge < -0.3 is 14.3 Å². The molecule has 0 N–H and O–H groups in total. The first-order valence-corrected chi connectivity index (χ1v) is 9.13. The second-order valence-corrected chi connectivity index (χ2v) is 7.79. The molecule has 1 aliphatic heterocycles. The predicted molar refractivity (Wildman–Crippen MR) is 83.6 cm³/mol. The van der Waals surface area contributed by atoms with Crippen LogP contribution in [-0.4, -0.2) is 45.0 Å². The summed E-state index contributed by atoms with van der Waals surface area (Å²) < 4.78 is 41.2. The maximum absolute atomic E-state index is 13.6. The molecule has 7 nitrogen and oxygen atoms in total. The molecule has 3 rings (SSSR count). The minimum Gasteiger partial charge on any atom is -0.371 e. The molecule has 0 bridgehead atoms. The normalized spacial score (nSPS) is 14.9. The zero-order chi connectivity index (χ0) is 16.6. The zero-order valence-corrected chi connectivity index (χ0v) is 13.7. The van der Waals surface area contributed by atoms with E-state index >= 15 is 0 Å². The molecule has 2 heterocycles. The average molecular weight is 340 g/mol. The molecule has 0 saturated carbocycles. The third kappa shape index (κ3) is 3.61. The Balaban J connectivity index is 1.82. The number of fused-ring (bicyclic) bond motifs is 1. The molecule has 0 spiro atoms. The first-order chi connectivity index (χ1) is 10.8. The fourth-order valence-electron chi connectivity index (χ4n) is 2.56. The molecular formula is C14H17FN4O3S. The van der Waals surface area contributed by atoms with E-state index in [-0.39, 0.29) is 17.4 Å². The van der Waals surface area contributed by atoms with Crippen LogP contribution in [0.1, 0.15) is 11.7 Å². The van der Waals surface area contributed by atoms with Crippen molar-refractivity contribution >= 4 is 21.2 Å². The van der Waals surface area contributed by atoms with Crippen LogP contribution in [0, 0.1) is 5.82 Å². The molecule has 0 unspecified atom stereocenters. The van der Waals surface area contributed by atoms with Gasteiger partial charge in [-0.1, -0.05) is 5.16 Å². The standard InChI is InChI=1S/C14H17FN4O3S/c1-18-5-6-19(12-7-10(15)3-4-11(12)18)8-14-16-13(17-22-14)9-23(2,20)21/h3-4,7H,5-6,8-9H2,1-2H3. The number of nitrogens with zero attached hydrogens (tertiary/aromatic N) is 4. The Morgan fingerprint density at radius 1 is 1.30 bits per heavy atom. The van der Waals surface area contributed by atoms with Gasteiger partial charge in [-0.3, -0.25) is 0 Å². The Morgan fingerprint density at radius 3 is 2.83 bits per heavy atom. The van der Waals surface area contributed by atoms with Crippen molar-refractivity contribution in [2.45, 2.75) is 12.3 Å². The summed E-state index contributed by atoms with van der Waals surface area (Å²) in [6.07, 6.45) is 1.11. The molecule has 9 heteroatoms. The summed E-state index contributed by atoms with van der Waals surface area (Å²) in [5.74, 6) is -0.128. The van der Waals surface area contributed by atoms with E-state index < -0.39 is 9.84 Å². The van der Waals surface area contributed by atoms with Crippen LogP contribution in [0.4, 0.5) is 15.8 Å². The molecule has 1 aromatic heterocycles. The number of benzene rings is 1. The van der Waals surface area contributed by atoms with Crippen molar-refractivity contribution in [3.8, 4) is 0 Å². The van der Waals surface area contributed by atoms with Crippen LogP contribution >= 0.6 is 0 Å². The molecule has 0 aliphatic carbocycles. The van der Waals surface area contributed by atoms with E-state index in [1.165, 1.54) is 12.1 Å². The Hall–Kier alpha value is -2.16. The van der Waals surface area contributed by atoms with Gasteiger partial charge in [-0.05, 0) is 18.2 Å². The van der Waals surface area contributed by atoms with E-state index in [0.717, 1.165) is 24.2 Å². The fourth-order valence-corrected chi connectivity index (χ4v) is 3.15. The number of halogens is 1. The quantitative estimate of drug-likeness (QED) is 0.827. The summed E-state index contributed by atoms with van der Waals surface area (Å²) >= 11 is 0. The second kappa shape index (κ2) is 5.80. The lowest BCUT2D eigenvalue weighted by Crippen LogP contribution is -2.38. The van der Waals surface area contributed by atoms with Crippen molar-refractivity contribution in [2.75, 3.05) is 36.2 Å². The van der Waals surface area contributed by atoms with Gasteiger partial charge >= 0.3 is 0 Å². The van der Waals surface area contributed by atoms with Gasteiger partial charge in [0.25, 0.3) is 0 Å². The molecule has 0 saturated heterocycles. The monoisotopic (exact) mass is 340 g/mol. The van der Waals surface area contributed by atoms with Gasteiger partial charge in [-0.2, -0.15) is 4.98 Å². The number of likely N-dealkylation sites (N-methyl/N-ethyl adjacent to an activating group) is 1. The van der Waals surface area contributed by atoms with Crippen LogP contribution in [0.3, 0.4) is 0 Å². The summed E-state index contributed by atoms with van der Waals surface area (Å²) in [6, 6.07) is 4.63. The maximum atomic E-state index is 13.6. The molecule has 2 aromatic rings. The Labute approximate surface area is 133 Å². The number of hydrogen-bond donors (Lipinski definition) is 0. The van der Waals surface area contributed by atoms with E-state index in [4.69, 9.17) is 4.52 Å². The highest BCUT2D eigenvalue weighted by Gasteiger charge is 2.23. The summed E-state index contributed by atoms with van der Waals surface area (Å²) in [5.41, 5.74) is 1.68. The Kier molecular flexibility index (Phi) is 3.97. The van der Waals surface area contributed by atoms with Crippen molar-refractivity contribution in [2.24, 2.45) is 0 Å². The molecular weight excluding hydrogens is 323 g/mol. The van der Waals surface area contributed by atoms with Gasteiger partial charge in [-0.15, -0.1) is 0 Å². The minimum absolute atomic E-state index is 0.135. The highest BCUT2D eigenvalue weighted by atomic mass is 32.2. The van der Waals surface area contributed by atoms with Crippen molar-refractivity contribution < 1.29 is 17.3 Å². The van der Waals surface area contributed by atoms with E-state index in [1.54, 1.807) is 6.07 Å². The van der Waals surface area contributed by atoms with Crippen LogP contribution in [0.5, 0.6) is 0 Å². The highest BCUT2D eigenvalue weighted by Crippen LogP contribution is 2.33. The number of anilines is 2. The number of rotatable bonds is 4. The molecule has 0 radical (unpaired) electrons. The topological polar surface area (TPSA) is 79.5 Å². The van der Waals surface area contributed by atoms with Gasteiger partial charge in [0.15, 0.2) is 15.7 Å². The first kappa shape index (κ1) is 15.7. The van der Waals surface area contributed by atoms with E-state index in [1.807, 2.05) is 16.8 Å². The summed E-state index contributed by atoms with van der Waals surface area (Å²) in [5, 5.41) is 3.68. The fraction of sp³-hybridized carbons (Fsp3) is 0.429. The van der Waals surface area contributed by atoms with E-state index in [9.17, 15) is 12.8 Å². The van der Waals surface area contributed by atoms with Crippen LogP contribution < -0.4 is 9.80 Å². The van der Waals surface area contributed by atoms with Crippen LogP contribution in [0.25, 0.3) is 0 Å². The Morgan fingerprint density at radius 2 is 2.09 bits per heavy atom. The zero-order valence-electron chi connectivity index (χ0n) is 12.9. The molecule has 0 atom stereocenters. The van der Waals surface area contributed by atoms with Gasteiger partial charge in [-0.25, -0.2) is 12.8 Å². The molecule has 1 aromatic carbocycles. The third-order valence-electron chi connectivity index (χ3n) is 3.62. The van der Waals surface area contributed by atoms with Gasteiger partial charge in [0.2, 0.25) is 5.89 Å². The van der Waals surface area contributed by atoms with Gasteiger partial charge in [0.05, 0.1) is 17.9 Å². The number of hydrogen-bond acceptors (Lipinski definition) is 7. The lowest BCUT2D eigenvalue weighted by Gasteiger charge is -2.36. The molecule has 0 fully saturated rings. The summed E-state index contributed by atoms with van der Waals surface area (Å²) in [6.45, 7) is 1.76. The average Bonchev–Trinajstić information content (AvgIpc) is 2.87. The van der Waals surface area contributed by atoms with Crippen molar-refractivity contribution in [3.05, 3.63) is 35.7 Å². The van der Waals surface area contributed by atoms with Crippen LogP contribution in [0.15, 0.2) is 22.7 Å². The lowest BCUT2D eigenvalue weighted by atomic mass is 10.1. The molecule has 0 amide bonds. The summed E-state index contributed by atoms with van der Waals surface area (Å²) in [7, 11) is -1.26. The largest absolute Gasteiger partial charge is 0.371 e. The van der Waals surface area contributed by atoms with Crippen molar-refractivity contribution in [1.82, 2.24) is 10.1 Å². The molecule has 124 valence electrons. The van der Waals surface area contributed by atoms with E-state index in [2.05, 4.69) is 10.1 Å². The first-order valence-electron chi connectivity index (χ1n) is 7.07. The van der Waals surface area contributed by atoms with E-state index in [0.29, 0.717) is 19.0 Å². The summed E-state index contributed by atoms with van der Waals surface area (Å²) in [4.78, 5) is 8.09. The SMILES string of the molecule is CN1CCN(Cc2nc(CS(C)(=O)=O)no2)c2cc(F)ccc21. The molecule has 1 aliphatic rings. The van der Waals surface area contributed by atoms with Gasteiger partial charge in [0.1, 0.15) is 11.6 Å². The van der Waals surface area contributed by atoms with Crippen LogP contribution in [-0.2, 0) is 22.1 Å². The lowest BCUT2D eigenvalue weighted by molar-refractivity contribution is 0.371. The maximum Gasteiger partial charge on any atom is 0.246 e. The number of aromatic nitrogens is 2. The van der Waals surface area contributed by atoms with Crippen molar-refractivity contribution in [1.29, 1.82) is 0 Å². The highest BCUT2D eigenvalue weighted by molar-refractivity contribution is 7.89. The smallest absolute Gasteiger partial charge is 0.246 e.